The summed E-state index contributed by atoms with van der Waals surface area (Å²) in [6.45, 7) is 5.39. The van der Waals surface area contributed by atoms with E-state index >= 15 is 0 Å². The third-order valence-corrected chi connectivity index (χ3v) is 0.792. The fraction of sp³-hybridized carbons (Fsp3) is 0.571. The summed E-state index contributed by atoms with van der Waals surface area (Å²) in [5, 5.41) is 0. The first-order valence-electron chi connectivity index (χ1n) is 3.00. The monoisotopic (exact) mass is 128 g/mol. The molecule has 0 unspecified atom stereocenters. The van der Waals surface area contributed by atoms with Crippen molar-refractivity contribution >= 4 is 5.97 Å². The summed E-state index contributed by atoms with van der Waals surface area (Å²) in [5.74, 6) is -0.228. The molecule has 0 radical (unpaired) electrons. The van der Waals surface area contributed by atoms with E-state index in [2.05, 4.69) is 4.74 Å². The highest BCUT2D eigenvalue weighted by Crippen LogP contribution is 1.95. The van der Waals surface area contributed by atoms with Crippen LogP contribution in [0.3, 0.4) is 0 Å². The Morgan fingerprint density at radius 3 is 2.44 bits per heavy atom. The number of carbonyl (C=O) groups is 1. The first-order valence-corrected chi connectivity index (χ1v) is 3.00. The molecule has 0 atom stereocenters. The van der Waals surface area contributed by atoms with Gasteiger partial charge in [0.15, 0.2) is 0 Å². The molecule has 2 heteroatoms. The van der Waals surface area contributed by atoms with E-state index in [4.69, 9.17) is 0 Å². The smallest absolute Gasteiger partial charge is 0.313 e. The van der Waals surface area contributed by atoms with Gasteiger partial charge in [0.2, 0.25) is 0 Å². The maximum atomic E-state index is 10.6. The minimum absolute atomic E-state index is 0.0406. The average Bonchev–Trinajstić information content (AvgIpc) is 1.82. The second-order valence-corrected chi connectivity index (χ2v) is 2.06. The van der Waals surface area contributed by atoms with Crippen LogP contribution in [0.25, 0.3) is 0 Å². The van der Waals surface area contributed by atoms with Gasteiger partial charge in [0, 0.05) is 0 Å². The van der Waals surface area contributed by atoms with E-state index < -0.39 is 0 Å². The highest BCUT2D eigenvalue weighted by molar-refractivity contribution is 5.72. The molecule has 0 amide bonds. The number of hydrogen-bond donors (Lipinski definition) is 0. The minimum atomic E-state index is -0.187. The number of rotatable bonds is 2. The summed E-state index contributed by atoms with van der Waals surface area (Å²) in [7, 11) is 0. The van der Waals surface area contributed by atoms with E-state index in [0.29, 0.717) is 0 Å². The number of carbonyl (C=O) groups excluding carboxylic acids is 1. The van der Waals surface area contributed by atoms with Crippen molar-refractivity contribution in [1.29, 1.82) is 0 Å². The molecule has 0 aliphatic carbocycles. The van der Waals surface area contributed by atoms with Crippen molar-refractivity contribution < 1.29 is 9.53 Å². The van der Waals surface area contributed by atoms with Gasteiger partial charge in [-0.15, -0.1) is 0 Å². The molecule has 0 aliphatic heterocycles. The summed E-state index contributed by atoms with van der Waals surface area (Å²) in [5.41, 5.74) is 0. The van der Waals surface area contributed by atoms with Crippen LogP contribution in [-0.2, 0) is 9.53 Å². The Morgan fingerprint density at radius 2 is 2.11 bits per heavy atom. The molecule has 0 N–H and O–H groups in total. The molecular formula is C7H12O2. The number of allylic oxidation sites excluding steroid dienone is 1. The molecule has 9 heavy (non-hydrogen) atoms. The molecular weight excluding hydrogens is 116 g/mol. The van der Waals surface area contributed by atoms with E-state index in [1.165, 1.54) is 6.26 Å². The van der Waals surface area contributed by atoms with Gasteiger partial charge >= 0.3 is 5.97 Å². The van der Waals surface area contributed by atoms with Crippen molar-refractivity contribution in [1.82, 2.24) is 0 Å². The fourth-order valence-corrected chi connectivity index (χ4v) is 0.271. The van der Waals surface area contributed by atoms with Crippen LogP contribution in [0.1, 0.15) is 20.8 Å². The Bertz CT molecular complexity index is 114. The third kappa shape index (κ3) is 3.76. The molecule has 2 nitrogen and oxygen atoms in total. The molecule has 0 aliphatic rings. The Hall–Kier alpha value is -0.790. The Labute approximate surface area is 55.5 Å². The van der Waals surface area contributed by atoms with Gasteiger partial charge in [-0.05, 0) is 6.92 Å². The SMILES string of the molecule is CC=COC(=O)C(C)C. The normalized spacial score (nSPS) is 10.7. The summed E-state index contributed by atoms with van der Waals surface area (Å²) in [6, 6.07) is 0. The third-order valence-electron chi connectivity index (χ3n) is 0.792. The van der Waals surface area contributed by atoms with Crippen molar-refractivity contribution in [3.8, 4) is 0 Å². The van der Waals surface area contributed by atoms with E-state index in [-0.39, 0.29) is 11.9 Å². The van der Waals surface area contributed by atoms with Gasteiger partial charge in [-0.25, -0.2) is 0 Å². The van der Waals surface area contributed by atoms with Gasteiger partial charge in [0.05, 0.1) is 12.2 Å². The van der Waals surface area contributed by atoms with Crippen LogP contribution in [0.15, 0.2) is 12.3 Å². The van der Waals surface area contributed by atoms with Crippen LogP contribution in [0.2, 0.25) is 0 Å². The highest BCUT2D eigenvalue weighted by atomic mass is 16.5. The van der Waals surface area contributed by atoms with Gasteiger partial charge in [-0.2, -0.15) is 0 Å². The van der Waals surface area contributed by atoms with Gasteiger partial charge < -0.3 is 4.74 Å². The lowest BCUT2D eigenvalue weighted by Gasteiger charge is -1.99. The number of ether oxygens (including phenoxy) is 1. The largest absolute Gasteiger partial charge is 0.435 e. The first-order chi connectivity index (χ1) is 4.18. The van der Waals surface area contributed by atoms with Crippen LogP contribution < -0.4 is 0 Å². The van der Waals surface area contributed by atoms with Crippen LogP contribution in [-0.4, -0.2) is 5.97 Å². The molecule has 0 bridgehead atoms. The predicted octanol–water partition coefficient (Wildman–Crippen LogP) is 1.72. The summed E-state index contributed by atoms with van der Waals surface area (Å²) in [6.07, 6.45) is 3.07. The zero-order valence-electron chi connectivity index (χ0n) is 6.05. The Morgan fingerprint density at radius 1 is 1.56 bits per heavy atom. The van der Waals surface area contributed by atoms with E-state index in [1.54, 1.807) is 26.8 Å². The van der Waals surface area contributed by atoms with Crippen molar-refractivity contribution in [2.45, 2.75) is 20.8 Å². The summed E-state index contributed by atoms with van der Waals surface area (Å²) >= 11 is 0. The summed E-state index contributed by atoms with van der Waals surface area (Å²) < 4.78 is 4.63. The Kier molecular flexibility index (Phi) is 3.76. The molecule has 0 aromatic heterocycles. The van der Waals surface area contributed by atoms with Crippen LogP contribution in [0.5, 0.6) is 0 Å². The average molecular weight is 128 g/mol. The standard InChI is InChI=1S/C7H12O2/c1-4-5-9-7(8)6(2)3/h4-6H,1-3H3. The van der Waals surface area contributed by atoms with E-state index in [0.717, 1.165) is 0 Å². The summed E-state index contributed by atoms with van der Waals surface area (Å²) in [4.78, 5) is 10.6. The maximum absolute atomic E-state index is 10.6. The zero-order valence-corrected chi connectivity index (χ0v) is 6.05. The van der Waals surface area contributed by atoms with Gasteiger partial charge in [0.1, 0.15) is 0 Å². The number of esters is 1. The lowest BCUT2D eigenvalue weighted by molar-refractivity contribution is -0.141. The molecule has 0 rings (SSSR count). The molecule has 0 aromatic rings. The van der Waals surface area contributed by atoms with Crippen molar-refractivity contribution in [2.75, 3.05) is 0 Å². The topological polar surface area (TPSA) is 26.3 Å². The van der Waals surface area contributed by atoms with E-state index in [9.17, 15) is 4.79 Å². The Balaban J connectivity index is 3.51. The van der Waals surface area contributed by atoms with Gasteiger partial charge in [0.25, 0.3) is 0 Å². The number of hydrogen-bond acceptors (Lipinski definition) is 2. The molecule has 0 fully saturated rings. The van der Waals surface area contributed by atoms with Gasteiger partial charge in [-0.3, -0.25) is 4.79 Å². The zero-order chi connectivity index (χ0) is 7.28. The highest BCUT2D eigenvalue weighted by Gasteiger charge is 2.04. The molecule has 0 spiro atoms. The second kappa shape index (κ2) is 4.13. The van der Waals surface area contributed by atoms with Crippen LogP contribution >= 0.6 is 0 Å². The lowest BCUT2D eigenvalue weighted by Crippen LogP contribution is -2.07. The molecule has 0 saturated carbocycles. The van der Waals surface area contributed by atoms with Crippen molar-refractivity contribution in [3.63, 3.8) is 0 Å². The predicted molar refractivity (Wildman–Crippen MR) is 35.7 cm³/mol. The quantitative estimate of drug-likeness (QED) is 0.418. The second-order valence-electron chi connectivity index (χ2n) is 2.06. The molecule has 0 heterocycles. The van der Waals surface area contributed by atoms with Crippen LogP contribution in [0.4, 0.5) is 0 Å². The molecule has 52 valence electrons. The minimum Gasteiger partial charge on any atom is -0.435 e. The van der Waals surface area contributed by atoms with Crippen molar-refractivity contribution in [2.24, 2.45) is 5.92 Å². The molecule has 0 saturated heterocycles. The lowest BCUT2D eigenvalue weighted by atomic mass is 10.2. The van der Waals surface area contributed by atoms with Gasteiger partial charge in [-0.1, -0.05) is 19.9 Å². The maximum Gasteiger partial charge on any atom is 0.313 e. The van der Waals surface area contributed by atoms with Crippen molar-refractivity contribution in [3.05, 3.63) is 12.3 Å². The van der Waals surface area contributed by atoms with Crippen LogP contribution in [0, 0.1) is 5.92 Å². The first kappa shape index (κ1) is 8.21. The molecule has 0 aromatic carbocycles. The van der Waals surface area contributed by atoms with E-state index in [1.807, 2.05) is 0 Å². The fourth-order valence-electron chi connectivity index (χ4n) is 0.271.